The van der Waals surface area contributed by atoms with E-state index in [0.717, 1.165) is 13.0 Å². The third kappa shape index (κ3) is 9.20. The Morgan fingerprint density at radius 3 is 2.29 bits per heavy atom. The molecule has 31 heavy (non-hydrogen) atoms. The molecule has 4 unspecified atom stereocenters. The van der Waals surface area contributed by atoms with Gasteiger partial charge in [0, 0.05) is 6.54 Å². The van der Waals surface area contributed by atoms with Crippen molar-refractivity contribution in [3.8, 4) is 0 Å². The third-order valence-electron chi connectivity index (χ3n) is 4.94. The largest absolute Gasteiger partial charge is 0.480 e. The Morgan fingerprint density at radius 2 is 1.77 bits per heavy atom. The van der Waals surface area contributed by atoms with Gasteiger partial charge in [-0.1, -0.05) is 13.8 Å². The van der Waals surface area contributed by atoms with Crippen LogP contribution in [0.25, 0.3) is 0 Å². The molecular weight excluding hydrogens is 406 g/mol. The molecule has 0 aromatic rings. The summed E-state index contributed by atoms with van der Waals surface area (Å²) < 4.78 is 0. The number of carboxylic acids is 1. The smallest absolute Gasteiger partial charge is 0.326 e. The summed E-state index contributed by atoms with van der Waals surface area (Å²) in [5.41, 5.74) is 10.6. The van der Waals surface area contributed by atoms with Gasteiger partial charge in [0.1, 0.15) is 18.1 Å². The first-order valence-electron chi connectivity index (χ1n) is 10.5. The molecule has 1 rings (SSSR count). The van der Waals surface area contributed by atoms with Gasteiger partial charge < -0.3 is 37.8 Å². The van der Waals surface area contributed by atoms with Crippen molar-refractivity contribution in [1.82, 2.24) is 21.3 Å². The lowest BCUT2D eigenvalue weighted by molar-refractivity contribution is -0.143. The second-order valence-electron chi connectivity index (χ2n) is 7.96. The summed E-state index contributed by atoms with van der Waals surface area (Å²) in [4.78, 5) is 52.8. The first-order chi connectivity index (χ1) is 14.5. The summed E-state index contributed by atoms with van der Waals surface area (Å²) in [6.07, 6.45) is 2.14. The number of nitrogens with one attached hydrogen (secondary N) is 4. The zero-order valence-corrected chi connectivity index (χ0v) is 18.3. The summed E-state index contributed by atoms with van der Waals surface area (Å²) in [7, 11) is 0. The number of guanidine groups is 1. The number of aliphatic imine (C=N–C) groups is 1. The Bertz CT molecular complexity index is 673. The van der Waals surface area contributed by atoms with Gasteiger partial charge in [-0.15, -0.1) is 0 Å². The van der Waals surface area contributed by atoms with E-state index in [1.165, 1.54) is 6.92 Å². The van der Waals surface area contributed by atoms with Crippen molar-refractivity contribution < 1.29 is 24.3 Å². The highest BCUT2D eigenvalue weighted by Gasteiger charge is 2.30. The maximum Gasteiger partial charge on any atom is 0.326 e. The minimum absolute atomic E-state index is 0.0901. The molecule has 12 heteroatoms. The number of hydrogen-bond donors (Lipinski definition) is 7. The van der Waals surface area contributed by atoms with Gasteiger partial charge in [0.25, 0.3) is 0 Å². The van der Waals surface area contributed by atoms with Crippen LogP contribution in [0.15, 0.2) is 4.99 Å². The van der Waals surface area contributed by atoms with Gasteiger partial charge in [-0.05, 0) is 45.1 Å². The van der Waals surface area contributed by atoms with Crippen molar-refractivity contribution in [1.29, 1.82) is 0 Å². The number of carbonyl (C=O) groups excluding carboxylic acids is 3. The number of amides is 3. The molecule has 0 bridgehead atoms. The van der Waals surface area contributed by atoms with Crippen LogP contribution >= 0.6 is 0 Å². The summed E-state index contributed by atoms with van der Waals surface area (Å²) in [5.74, 6) is -3.07. The van der Waals surface area contributed by atoms with E-state index >= 15 is 0 Å². The summed E-state index contributed by atoms with van der Waals surface area (Å²) >= 11 is 0. The molecule has 1 aliphatic rings. The minimum Gasteiger partial charge on any atom is -0.480 e. The second-order valence-corrected chi connectivity index (χ2v) is 7.96. The van der Waals surface area contributed by atoms with E-state index < -0.39 is 35.9 Å². The van der Waals surface area contributed by atoms with E-state index in [4.69, 9.17) is 11.5 Å². The topological polar surface area (TPSA) is 201 Å². The van der Waals surface area contributed by atoms with Crippen molar-refractivity contribution in [3.63, 3.8) is 0 Å². The van der Waals surface area contributed by atoms with E-state index in [-0.39, 0.29) is 36.8 Å². The maximum atomic E-state index is 12.7. The molecule has 0 aromatic heterocycles. The second kappa shape index (κ2) is 12.7. The zero-order valence-electron chi connectivity index (χ0n) is 18.3. The van der Waals surface area contributed by atoms with Crippen LogP contribution in [0, 0.1) is 5.92 Å². The minimum atomic E-state index is -1.17. The molecule has 1 saturated heterocycles. The van der Waals surface area contributed by atoms with Gasteiger partial charge in [-0.3, -0.25) is 19.4 Å². The number of hydrogen-bond acceptors (Lipinski definition) is 6. The molecule has 3 amide bonds. The lowest BCUT2D eigenvalue weighted by Gasteiger charge is -2.25. The van der Waals surface area contributed by atoms with Gasteiger partial charge in [-0.25, -0.2) is 4.79 Å². The highest BCUT2D eigenvalue weighted by atomic mass is 16.4. The average molecular weight is 442 g/mol. The van der Waals surface area contributed by atoms with Crippen molar-refractivity contribution in [2.24, 2.45) is 22.4 Å². The normalized spacial score (nSPS) is 18.5. The van der Waals surface area contributed by atoms with Crippen LogP contribution in [0.1, 0.15) is 46.5 Å². The monoisotopic (exact) mass is 441 g/mol. The highest BCUT2D eigenvalue weighted by Crippen LogP contribution is 2.07. The van der Waals surface area contributed by atoms with Crippen LogP contribution in [0.4, 0.5) is 0 Å². The molecule has 1 fully saturated rings. The Balaban J connectivity index is 2.77. The van der Waals surface area contributed by atoms with E-state index in [2.05, 4.69) is 26.3 Å². The first-order valence-corrected chi connectivity index (χ1v) is 10.5. The summed E-state index contributed by atoms with van der Waals surface area (Å²) in [5, 5.41) is 20.1. The number of nitrogens with two attached hydrogens (primary N) is 2. The predicted molar refractivity (Wildman–Crippen MR) is 115 cm³/mol. The SMILES string of the molecule is CC(NC(=O)C1CCCN1)C(=O)NC(CCCN=C(N)N)C(=O)NC(C(=O)O)C(C)C. The van der Waals surface area contributed by atoms with Gasteiger partial charge in [0.15, 0.2) is 5.96 Å². The Morgan fingerprint density at radius 1 is 1.10 bits per heavy atom. The van der Waals surface area contributed by atoms with E-state index in [1.54, 1.807) is 13.8 Å². The molecule has 0 aromatic carbocycles. The molecule has 1 heterocycles. The molecule has 12 nitrogen and oxygen atoms in total. The molecule has 9 N–H and O–H groups in total. The molecule has 0 aliphatic carbocycles. The maximum absolute atomic E-state index is 12.7. The zero-order chi connectivity index (χ0) is 23.6. The predicted octanol–water partition coefficient (Wildman–Crippen LogP) is -1.99. The van der Waals surface area contributed by atoms with E-state index in [0.29, 0.717) is 12.8 Å². The standard InChI is InChI=1S/C19H35N7O5/c1-10(2)14(18(30)31)26-17(29)13(7-5-9-23-19(20)21)25-15(27)11(3)24-16(28)12-6-4-8-22-12/h10-14,22H,4-9H2,1-3H3,(H,24,28)(H,25,27)(H,26,29)(H,30,31)(H4,20,21,23). The molecule has 4 atom stereocenters. The van der Waals surface area contributed by atoms with E-state index in [1.807, 2.05) is 0 Å². The van der Waals surface area contributed by atoms with Gasteiger partial charge in [0.2, 0.25) is 17.7 Å². The lowest BCUT2D eigenvalue weighted by atomic mass is 10.0. The molecule has 0 saturated carbocycles. The molecule has 1 aliphatic heterocycles. The number of carboxylic acid groups (broad SMARTS) is 1. The first kappa shape index (κ1) is 26.1. The van der Waals surface area contributed by atoms with Crippen molar-refractivity contribution >= 4 is 29.7 Å². The van der Waals surface area contributed by atoms with Crippen LogP contribution in [-0.4, -0.2) is 72.0 Å². The fourth-order valence-electron chi connectivity index (χ4n) is 3.12. The summed E-state index contributed by atoms with van der Waals surface area (Å²) in [6, 6.07) is -3.32. The van der Waals surface area contributed by atoms with Gasteiger partial charge >= 0.3 is 5.97 Å². The Kier molecular flexibility index (Phi) is 10.7. The summed E-state index contributed by atoms with van der Waals surface area (Å²) in [6.45, 7) is 5.84. The van der Waals surface area contributed by atoms with Crippen molar-refractivity contribution in [2.45, 2.75) is 70.6 Å². The Hall–Kier alpha value is -2.89. The van der Waals surface area contributed by atoms with Crippen molar-refractivity contribution in [2.75, 3.05) is 13.1 Å². The molecular formula is C19H35N7O5. The molecule has 176 valence electrons. The quantitative estimate of drug-likeness (QED) is 0.102. The molecule has 0 radical (unpaired) electrons. The number of rotatable bonds is 12. The third-order valence-corrected chi connectivity index (χ3v) is 4.94. The lowest BCUT2D eigenvalue weighted by Crippen LogP contribution is -2.56. The fourth-order valence-corrected chi connectivity index (χ4v) is 3.12. The van der Waals surface area contributed by atoms with Gasteiger partial charge in [0.05, 0.1) is 6.04 Å². The fraction of sp³-hybridized carbons (Fsp3) is 0.737. The number of carbonyl (C=O) groups is 4. The van der Waals surface area contributed by atoms with Gasteiger partial charge in [-0.2, -0.15) is 0 Å². The van der Waals surface area contributed by atoms with Crippen LogP contribution in [0.3, 0.4) is 0 Å². The number of aliphatic carboxylic acids is 1. The van der Waals surface area contributed by atoms with Crippen LogP contribution < -0.4 is 32.7 Å². The van der Waals surface area contributed by atoms with Crippen LogP contribution in [-0.2, 0) is 19.2 Å². The molecule has 0 spiro atoms. The van der Waals surface area contributed by atoms with Crippen LogP contribution in [0.5, 0.6) is 0 Å². The van der Waals surface area contributed by atoms with Crippen molar-refractivity contribution in [3.05, 3.63) is 0 Å². The number of nitrogens with zero attached hydrogens (tertiary/aromatic N) is 1. The average Bonchev–Trinajstić information content (AvgIpc) is 3.22. The Labute approximate surface area is 182 Å². The van der Waals surface area contributed by atoms with Crippen LogP contribution in [0.2, 0.25) is 0 Å². The van der Waals surface area contributed by atoms with E-state index in [9.17, 15) is 24.3 Å². The highest BCUT2D eigenvalue weighted by molar-refractivity contribution is 5.94.